The molecule has 6 aromatic rings. The first-order valence-corrected chi connectivity index (χ1v) is 18.0. The highest BCUT2D eigenvalue weighted by atomic mass is 19.1. The minimum atomic E-state index is -0.601. The quantitative estimate of drug-likeness (QED) is 0.243. The summed E-state index contributed by atoms with van der Waals surface area (Å²) in [5.74, 6) is -0.967. The summed E-state index contributed by atoms with van der Waals surface area (Å²) in [7, 11) is 1.66. The standard InChI is InChI=1S/C37H35F2N13O2/c1-47-35-27(36(46-47)50-11-10-31(53)45-37(50)54)7-8-29(32(35)39)49-14-12-48(13-15-49)25-3-5-26(6-4-25)51-20-24(19-42-51)28-21-52-34(23(16-40)18-43-52)33(44-28)22-2-9-30(38)41-17-22/h2,7-9,17-21,25-26H,3-6,10-15H2,1H3,(H,45,53,54). The van der Waals surface area contributed by atoms with E-state index in [9.17, 15) is 19.2 Å². The number of nitrogens with one attached hydrogen (secondary N) is 1. The summed E-state index contributed by atoms with van der Waals surface area (Å²) < 4.78 is 34.8. The molecular formula is C37H35F2N13O2. The summed E-state index contributed by atoms with van der Waals surface area (Å²) in [6.45, 7) is 3.20. The molecule has 2 saturated heterocycles. The van der Waals surface area contributed by atoms with E-state index in [1.807, 2.05) is 16.9 Å². The molecule has 9 rings (SSSR count). The van der Waals surface area contributed by atoms with Gasteiger partial charge in [-0.05, 0) is 49.9 Å². The SMILES string of the molecule is Cn1nc(N2CCC(=O)NC2=O)c2ccc(N3CCN(C4CCC(n5cc(-c6cn7ncc(C#N)c7c(-c7ccc(F)nc7)n6)cn5)CC4)CC3)c(F)c21. The lowest BCUT2D eigenvalue weighted by molar-refractivity contribution is -0.120. The number of nitrogens with zero attached hydrogens (tertiary/aromatic N) is 12. The van der Waals surface area contributed by atoms with Crippen molar-refractivity contribution < 1.29 is 18.4 Å². The largest absolute Gasteiger partial charge is 0.367 e. The number of carbonyl (C=O) groups is 2. The Balaban J connectivity index is 0.850. The van der Waals surface area contributed by atoms with Gasteiger partial charge in [0.2, 0.25) is 11.9 Å². The maximum Gasteiger partial charge on any atom is 0.329 e. The molecule has 1 N–H and O–H groups in total. The Morgan fingerprint density at radius 1 is 0.870 bits per heavy atom. The molecule has 0 bridgehead atoms. The van der Waals surface area contributed by atoms with Gasteiger partial charge >= 0.3 is 6.03 Å². The fourth-order valence-corrected chi connectivity index (χ4v) is 8.14. The van der Waals surface area contributed by atoms with Crippen molar-refractivity contribution >= 4 is 39.9 Å². The average molecular weight is 732 g/mol. The van der Waals surface area contributed by atoms with Gasteiger partial charge in [0.05, 0.1) is 41.7 Å². The van der Waals surface area contributed by atoms with Crippen molar-refractivity contribution in [2.45, 2.75) is 44.2 Å². The van der Waals surface area contributed by atoms with Crippen LogP contribution in [0.2, 0.25) is 0 Å². The molecule has 0 unspecified atom stereocenters. The second kappa shape index (κ2) is 13.3. The van der Waals surface area contributed by atoms with Crippen LogP contribution in [-0.4, -0.2) is 94.7 Å². The molecule has 5 aromatic heterocycles. The van der Waals surface area contributed by atoms with Gasteiger partial charge in [-0.3, -0.25) is 29.3 Å². The first-order chi connectivity index (χ1) is 26.2. The van der Waals surface area contributed by atoms with Gasteiger partial charge in [-0.15, -0.1) is 0 Å². The molecule has 3 amide bonds. The Hall–Kier alpha value is -6.28. The third kappa shape index (κ3) is 5.78. The fourth-order valence-electron chi connectivity index (χ4n) is 8.14. The van der Waals surface area contributed by atoms with E-state index in [0.29, 0.717) is 69.6 Å². The third-order valence-corrected chi connectivity index (χ3v) is 10.9. The van der Waals surface area contributed by atoms with Crippen LogP contribution in [0.15, 0.2) is 55.2 Å². The fraction of sp³-hybridized carbons (Fsp3) is 0.351. The first-order valence-electron chi connectivity index (χ1n) is 18.0. The van der Waals surface area contributed by atoms with Gasteiger partial charge in [-0.2, -0.15) is 24.9 Å². The Labute approximate surface area is 307 Å². The maximum atomic E-state index is 16.1. The van der Waals surface area contributed by atoms with Crippen molar-refractivity contribution in [3.63, 3.8) is 0 Å². The van der Waals surface area contributed by atoms with E-state index < -0.39 is 12.0 Å². The van der Waals surface area contributed by atoms with Crippen LogP contribution in [0.1, 0.15) is 43.7 Å². The lowest BCUT2D eigenvalue weighted by atomic mass is 9.90. The lowest BCUT2D eigenvalue weighted by Crippen LogP contribution is -2.51. The van der Waals surface area contributed by atoms with E-state index in [0.717, 1.165) is 44.3 Å². The Morgan fingerprint density at radius 3 is 2.41 bits per heavy atom. The van der Waals surface area contributed by atoms with E-state index in [4.69, 9.17) is 10.1 Å². The van der Waals surface area contributed by atoms with E-state index in [1.165, 1.54) is 28.0 Å². The van der Waals surface area contributed by atoms with Gasteiger partial charge in [-0.1, -0.05) is 0 Å². The third-order valence-electron chi connectivity index (χ3n) is 10.9. The van der Waals surface area contributed by atoms with Crippen molar-refractivity contribution in [1.29, 1.82) is 5.26 Å². The number of pyridine rings is 1. The second-order valence-electron chi connectivity index (χ2n) is 14.0. The van der Waals surface area contributed by atoms with Crippen LogP contribution >= 0.6 is 0 Å². The second-order valence-corrected chi connectivity index (χ2v) is 14.0. The normalized spacial score (nSPS) is 19.8. The number of amides is 3. The van der Waals surface area contributed by atoms with Crippen molar-refractivity contribution in [3.8, 4) is 28.6 Å². The Kier molecular flexibility index (Phi) is 8.26. The number of halogens is 2. The number of imide groups is 1. The predicted molar refractivity (Wildman–Crippen MR) is 193 cm³/mol. The van der Waals surface area contributed by atoms with Crippen molar-refractivity contribution in [2.24, 2.45) is 7.05 Å². The maximum absolute atomic E-state index is 16.1. The molecule has 2 aliphatic heterocycles. The van der Waals surface area contributed by atoms with Crippen molar-refractivity contribution in [2.75, 3.05) is 42.5 Å². The van der Waals surface area contributed by atoms with Gasteiger partial charge in [0.25, 0.3) is 0 Å². The molecule has 15 nitrogen and oxygen atoms in total. The molecule has 0 atom stereocenters. The van der Waals surface area contributed by atoms with Gasteiger partial charge in [0.15, 0.2) is 11.6 Å². The molecule has 1 aliphatic carbocycles. The van der Waals surface area contributed by atoms with E-state index in [2.05, 4.69) is 36.4 Å². The molecule has 17 heteroatoms. The Morgan fingerprint density at radius 2 is 1.67 bits per heavy atom. The van der Waals surface area contributed by atoms with E-state index >= 15 is 4.39 Å². The number of aryl methyl sites for hydroxylation is 1. The highest BCUT2D eigenvalue weighted by Gasteiger charge is 2.32. The summed E-state index contributed by atoms with van der Waals surface area (Å²) in [4.78, 5) is 38.8. The molecule has 7 heterocycles. The van der Waals surface area contributed by atoms with Crippen LogP contribution in [-0.2, 0) is 11.8 Å². The van der Waals surface area contributed by atoms with Crippen LogP contribution in [0.3, 0.4) is 0 Å². The zero-order chi connectivity index (χ0) is 37.1. The smallest absolute Gasteiger partial charge is 0.329 e. The monoisotopic (exact) mass is 731 g/mol. The molecule has 3 fully saturated rings. The summed E-state index contributed by atoms with van der Waals surface area (Å²) in [6, 6.07) is 8.70. The van der Waals surface area contributed by atoms with Crippen LogP contribution < -0.4 is 15.1 Å². The molecule has 0 spiro atoms. The molecule has 1 saturated carbocycles. The number of urea groups is 1. The number of carbonyl (C=O) groups excluding carboxylic acids is 2. The Bertz CT molecular complexity index is 2470. The summed E-state index contributed by atoms with van der Waals surface area (Å²) in [5, 5.41) is 26.1. The van der Waals surface area contributed by atoms with E-state index in [-0.39, 0.29) is 30.7 Å². The zero-order valence-electron chi connectivity index (χ0n) is 29.4. The molecular weight excluding hydrogens is 696 g/mol. The first kappa shape index (κ1) is 33.5. The van der Waals surface area contributed by atoms with Gasteiger partial charge in [0.1, 0.15) is 22.7 Å². The van der Waals surface area contributed by atoms with Crippen LogP contribution in [0.25, 0.3) is 38.9 Å². The summed E-state index contributed by atoms with van der Waals surface area (Å²) >= 11 is 0. The van der Waals surface area contributed by atoms with Gasteiger partial charge in [0, 0.05) is 81.1 Å². The van der Waals surface area contributed by atoms with Gasteiger partial charge < -0.3 is 4.90 Å². The summed E-state index contributed by atoms with van der Waals surface area (Å²) in [5.41, 5.74) is 4.22. The highest BCUT2D eigenvalue weighted by molar-refractivity contribution is 6.09. The van der Waals surface area contributed by atoms with Crippen LogP contribution in [0.4, 0.5) is 25.1 Å². The van der Waals surface area contributed by atoms with Crippen LogP contribution in [0, 0.1) is 23.1 Å². The minimum absolute atomic E-state index is 0.162. The zero-order valence-corrected chi connectivity index (χ0v) is 29.4. The molecule has 1 aromatic carbocycles. The lowest BCUT2D eigenvalue weighted by Gasteiger charge is -2.42. The van der Waals surface area contributed by atoms with Crippen molar-refractivity contribution in [1.82, 2.24) is 49.4 Å². The minimum Gasteiger partial charge on any atom is -0.367 e. The average Bonchev–Trinajstić information content (AvgIpc) is 3.93. The number of rotatable bonds is 6. The topological polar surface area (TPSA) is 158 Å². The van der Waals surface area contributed by atoms with Crippen LogP contribution in [0.5, 0.6) is 0 Å². The predicted octanol–water partition coefficient (Wildman–Crippen LogP) is 4.44. The number of hydrogen-bond acceptors (Lipinski definition) is 10. The number of hydrogen-bond donors (Lipinski definition) is 1. The highest BCUT2D eigenvalue weighted by Crippen LogP contribution is 2.36. The number of fused-ring (bicyclic) bond motifs is 2. The van der Waals surface area contributed by atoms with E-state index in [1.54, 1.807) is 36.1 Å². The molecule has 0 radical (unpaired) electrons. The number of piperazine rings is 1. The van der Waals surface area contributed by atoms with Crippen molar-refractivity contribution in [3.05, 3.63) is 72.6 Å². The molecule has 274 valence electrons. The molecule has 54 heavy (non-hydrogen) atoms. The number of nitriles is 1. The van der Waals surface area contributed by atoms with Gasteiger partial charge in [-0.25, -0.2) is 23.7 Å². The number of aromatic nitrogens is 8. The number of anilines is 2. The number of benzene rings is 1. The summed E-state index contributed by atoms with van der Waals surface area (Å²) in [6.07, 6.45) is 12.6. The molecule has 3 aliphatic rings.